The molecule has 2 rings (SSSR count). The fourth-order valence-corrected chi connectivity index (χ4v) is 2.66. The first kappa shape index (κ1) is 15.1. The third kappa shape index (κ3) is 3.61. The highest BCUT2D eigenvalue weighted by Crippen LogP contribution is 2.32. The van der Waals surface area contributed by atoms with Crippen LogP contribution in [0.25, 0.3) is 0 Å². The number of methoxy groups -OCH3 is 1. The fourth-order valence-electron chi connectivity index (χ4n) is 2.49. The van der Waals surface area contributed by atoms with Crippen molar-refractivity contribution in [3.63, 3.8) is 0 Å². The number of hydrogen-bond donors (Lipinski definition) is 0. The van der Waals surface area contributed by atoms with Crippen LogP contribution in [0.2, 0.25) is 0 Å². The summed E-state index contributed by atoms with van der Waals surface area (Å²) in [5.41, 5.74) is 0.796. The number of halogens is 1. The first-order chi connectivity index (χ1) is 9.63. The van der Waals surface area contributed by atoms with Gasteiger partial charge in [0.1, 0.15) is 6.10 Å². The molecule has 1 aromatic carbocycles. The second-order valence-electron chi connectivity index (χ2n) is 4.96. The van der Waals surface area contributed by atoms with Gasteiger partial charge in [0, 0.05) is 25.5 Å². The Morgan fingerprint density at radius 3 is 2.80 bits per heavy atom. The van der Waals surface area contributed by atoms with E-state index in [1.165, 1.54) is 6.07 Å². The lowest BCUT2D eigenvalue weighted by Crippen LogP contribution is -2.29. The maximum atomic E-state index is 11.1. The maximum absolute atomic E-state index is 11.1. The van der Waals surface area contributed by atoms with Gasteiger partial charge in [-0.15, -0.1) is 11.6 Å². The van der Waals surface area contributed by atoms with Gasteiger partial charge in [-0.3, -0.25) is 10.1 Å². The van der Waals surface area contributed by atoms with E-state index in [4.69, 9.17) is 21.1 Å². The number of nitro groups is 1. The molecule has 0 aliphatic heterocycles. The van der Waals surface area contributed by atoms with Gasteiger partial charge in [-0.1, -0.05) is 6.07 Å². The smallest absolute Gasteiger partial charge is 0.310 e. The zero-order valence-electron chi connectivity index (χ0n) is 11.4. The molecule has 0 bridgehead atoms. The monoisotopic (exact) mass is 299 g/mol. The van der Waals surface area contributed by atoms with Crippen LogP contribution in [-0.4, -0.2) is 24.2 Å². The lowest BCUT2D eigenvalue weighted by atomic mass is 9.95. The predicted octanol–water partition coefficient (Wildman–Crippen LogP) is 3.67. The Bertz CT molecular complexity index is 480. The minimum Gasteiger partial charge on any atom is -0.483 e. The zero-order chi connectivity index (χ0) is 14.5. The molecule has 0 radical (unpaired) electrons. The van der Waals surface area contributed by atoms with E-state index < -0.39 is 4.92 Å². The van der Waals surface area contributed by atoms with Gasteiger partial charge >= 0.3 is 5.69 Å². The molecule has 0 aromatic heterocycles. The van der Waals surface area contributed by atoms with Crippen molar-refractivity contribution in [1.29, 1.82) is 0 Å². The van der Waals surface area contributed by atoms with Crippen LogP contribution in [0.15, 0.2) is 18.2 Å². The summed E-state index contributed by atoms with van der Waals surface area (Å²) in [4.78, 5) is 10.6. The Kier molecular flexibility index (Phi) is 5.20. The summed E-state index contributed by atoms with van der Waals surface area (Å²) in [6, 6.07) is 4.75. The number of rotatable bonds is 5. The lowest BCUT2D eigenvalue weighted by molar-refractivity contribution is -0.386. The van der Waals surface area contributed by atoms with Crippen molar-refractivity contribution in [2.24, 2.45) is 0 Å². The van der Waals surface area contributed by atoms with Crippen molar-refractivity contribution < 1.29 is 14.4 Å². The first-order valence-corrected chi connectivity index (χ1v) is 7.20. The van der Waals surface area contributed by atoms with E-state index in [0.29, 0.717) is 11.6 Å². The summed E-state index contributed by atoms with van der Waals surface area (Å²) in [6.07, 6.45) is 3.80. The highest BCUT2D eigenvalue weighted by atomic mass is 35.5. The van der Waals surface area contributed by atoms with Crippen LogP contribution in [0.3, 0.4) is 0 Å². The summed E-state index contributed by atoms with van der Waals surface area (Å²) in [5, 5.41) is 11.1. The minimum atomic E-state index is -0.427. The van der Waals surface area contributed by atoms with Crippen LogP contribution in [0, 0.1) is 10.1 Å². The molecule has 0 spiro atoms. The van der Waals surface area contributed by atoms with Crippen molar-refractivity contribution >= 4 is 17.3 Å². The van der Waals surface area contributed by atoms with Crippen molar-refractivity contribution in [2.45, 2.75) is 43.8 Å². The summed E-state index contributed by atoms with van der Waals surface area (Å²) >= 11 is 5.77. The van der Waals surface area contributed by atoms with Gasteiger partial charge in [0.15, 0.2) is 5.75 Å². The van der Waals surface area contributed by atoms with Crippen molar-refractivity contribution in [1.82, 2.24) is 0 Å². The van der Waals surface area contributed by atoms with Crippen LogP contribution in [0.5, 0.6) is 5.75 Å². The summed E-state index contributed by atoms with van der Waals surface area (Å²) < 4.78 is 11.2. The third-order valence-corrected chi connectivity index (χ3v) is 3.89. The van der Waals surface area contributed by atoms with Crippen LogP contribution in [0.4, 0.5) is 5.69 Å². The topological polar surface area (TPSA) is 61.6 Å². The molecule has 1 aromatic rings. The van der Waals surface area contributed by atoms with Crippen LogP contribution in [0.1, 0.15) is 31.2 Å². The number of benzene rings is 1. The van der Waals surface area contributed by atoms with Crippen molar-refractivity contribution in [3.8, 4) is 5.75 Å². The molecule has 1 aliphatic rings. The molecule has 20 heavy (non-hydrogen) atoms. The summed E-state index contributed by atoms with van der Waals surface area (Å²) in [5.74, 6) is 0.606. The molecule has 2 atom stereocenters. The van der Waals surface area contributed by atoms with E-state index in [2.05, 4.69) is 0 Å². The van der Waals surface area contributed by atoms with Crippen molar-refractivity contribution in [3.05, 3.63) is 33.9 Å². The van der Waals surface area contributed by atoms with E-state index >= 15 is 0 Å². The molecule has 110 valence electrons. The molecule has 1 fully saturated rings. The molecule has 0 heterocycles. The second-order valence-corrected chi connectivity index (χ2v) is 5.22. The van der Waals surface area contributed by atoms with E-state index in [1.54, 1.807) is 19.2 Å². The average Bonchev–Trinajstić information content (AvgIpc) is 2.47. The Morgan fingerprint density at radius 1 is 1.40 bits per heavy atom. The van der Waals surface area contributed by atoms with E-state index in [-0.39, 0.29) is 17.9 Å². The van der Waals surface area contributed by atoms with Gasteiger partial charge in [-0.05, 0) is 30.9 Å². The highest BCUT2D eigenvalue weighted by Gasteiger charge is 2.26. The van der Waals surface area contributed by atoms with E-state index in [9.17, 15) is 10.1 Å². The van der Waals surface area contributed by atoms with Crippen molar-refractivity contribution in [2.75, 3.05) is 7.11 Å². The van der Waals surface area contributed by atoms with Gasteiger partial charge < -0.3 is 9.47 Å². The van der Waals surface area contributed by atoms with Gasteiger partial charge in [0.25, 0.3) is 0 Å². The molecule has 6 heteroatoms. The molecule has 0 amide bonds. The number of alkyl halides is 1. The highest BCUT2D eigenvalue weighted by molar-refractivity contribution is 6.17. The predicted molar refractivity (Wildman–Crippen MR) is 76.3 cm³/mol. The standard InChI is InChI=1S/C14H18ClNO4/c1-19-11-3-2-4-12(8-11)20-14-7-10(9-15)5-6-13(14)16(17)18/h5-7,11-12H,2-4,8-9H2,1H3. The largest absolute Gasteiger partial charge is 0.483 e. The van der Waals surface area contributed by atoms with Gasteiger partial charge in [-0.2, -0.15) is 0 Å². The number of hydrogen-bond acceptors (Lipinski definition) is 4. The van der Waals surface area contributed by atoms with Gasteiger partial charge in [0.2, 0.25) is 0 Å². The van der Waals surface area contributed by atoms with E-state index in [0.717, 1.165) is 31.2 Å². The molecule has 2 unspecified atom stereocenters. The molecular weight excluding hydrogens is 282 g/mol. The van der Waals surface area contributed by atoms with Gasteiger partial charge in [0.05, 0.1) is 11.0 Å². The maximum Gasteiger partial charge on any atom is 0.310 e. The zero-order valence-corrected chi connectivity index (χ0v) is 12.1. The molecule has 0 N–H and O–H groups in total. The fraction of sp³-hybridized carbons (Fsp3) is 0.571. The molecule has 0 saturated heterocycles. The van der Waals surface area contributed by atoms with Crippen LogP contribution < -0.4 is 4.74 Å². The third-order valence-electron chi connectivity index (χ3n) is 3.58. The first-order valence-electron chi connectivity index (χ1n) is 6.66. The normalized spacial score (nSPS) is 22.5. The molecule has 5 nitrogen and oxygen atoms in total. The number of nitrogens with zero attached hydrogens (tertiary/aromatic N) is 1. The lowest BCUT2D eigenvalue weighted by Gasteiger charge is -2.28. The second kappa shape index (κ2) is 6.90. The van der Waals surface area contributed by atoms with Crippen LogP contribution in [-0.2, 0) is 10.6 Å². The molecule has 1 aliphatic carbocycles. The Balaban J connectivity index is 2.16. The van der Waals surface area contributed by atoms with Gasteiger partial charge in [-0.25, -0.2) is 0 Å². The number of nitro benzene ring substituents is 1. The minimum absolute atomic E-state index is 0.0154. The van der Waals surface area contributed by atoms with Crippen LogP contribution >= 0.6 is 11.6 Å². The quantitative estimate of drug-likeness (QED) is 0.473. The Morgan fingerprint density at radius 2 is 2.15 bits per heavy atom. The Hall–Kier alpha value is -1.33. The summed E-state index contributed by atoms with van der Waals surface area (Å²) in [7, 11) is 1.68. The molecular formula is C14H18ClNO4. The molecule has 1 saturated carbocycles. The average molecular weight is 300 g/mol. The van der Waals surface area contributed by atoms with E-state index in [1.807, 2.05) is 0 Å². The SMILES string of the molecule is COC1CCCC(Oc2cc(CCl)ccc2[N+](=O)[O-])C1. The number of ether oxygens (including phenoxy) is 2. The Labute approximate surface area is 123 Å². The summed E-state index contributed by atoms with van der Waals surface area (Å²) in [6.45, 7) is 0.